The van der Waals surface area contributed by atoms with Crippen molar-refractivity contribution in [2.45, 2.75) is 18.9 Å². The molecule has 4 nitrogen and oxygen atoms in total. The third-order valence-corrected chi connectivity index (χ3v) is 5.12. The molecule has 5 heteroatoms. The Morgan fingerprint density at radius 3 is 2.42 bits per heavy atom. The Kier molecular flexibility index (Phi) is 5.31. The first kappa shape index (κ1) is 17.1. The minimum absolute atomic E-state index is 0.249. The molecular formula is C19H22BrNO3. The molecule has 1 unspecified atom stereocenters. The Balaban J connectivity index is 1.92. The Morgan fingerprint density at radius 1 is 1.00 bits per heavy atom. The van der Waals surface area contributed by atoms with Crippen LogP contribution >= 0.6 is 15.9 Å². The molecule has 0 fully saturated rings. The van der Waals surface area contributed by atoms with E-state index in [-0.39, 0.29) is 6.04 Å². The van der Waals surface area contributed by atoms with Crippen LogP contribution in [0.15, 0.2) is 34.8 Å². The number of benzene rings is 2. The number of ether oxygens (including phenoxy) is 3. The van der Waals surface area contributed by atoms with Crippen molar-refractivity contribution in [3.05, 3.63) is 51.5 Å². The monoisotopic (exact) mass is 391 g/mol. The molecule has 0 saturated carbocycles. The van der Waals surface area contributed by atoms with E-state index in [0.29, 0.717) is 0 Å². The summed E-state index contributed by atoms with van der Waals surface area (Å²) >= 11 is 3.51. The van der Waals surface area contributed by atoms with E-state index in [2.05, 4.69) is 45.5 Å². The van der Waals surface area contributed by atoms with Crippen LogP contribution in [0.3, 0.4) is 0 Å². The summed E-state index contributed by atoms with van der Waals surface area (Å²) in [5.74, 6) is 2.43. The lowest BCUT2D eigenvalue weighted by Crippen LogP contribution is -2.31. The molecule has 0 aliphatic carbocycles. The smallest absolute Gasteiger partial charge is 0.161 e. The van der Waals surface area contributed by atoms with Crippen molar-refractivity contribution in [1.82, 2.24) is 5.32 Å². The van der Waals surface area contributed by atoms with Crippen LogP contribution < -0.4 is 19.5 Å². The highest BCUT2D eigenvalue weighted by atomic mass is 79.9. The molecule has 24 heavy (non-hydrogen) atoms. The quantitative estimate of drug-likeness (QED) is 0.838. The van der Waals surface area contributed by atoms with Crippen LogP contribution in [0, 0.1) is 0 Å². The van der Waals surface area contributed by atoms with Crippen LogP contribution in [-0.4, -0.2) is 27.9 Å². The van der Waals surface area contributed by atoms with Crippen LogP contribution in [0.4, 0.5) is 0 Å². The number of nitrogens with one attached hydrogen (secondary N) is 1. The summed E-state index contributed by atoms with van der Waals surface area (Å²) in [7, 11) is 5.04. The number of fused-ring (bicyclic) bond motifs is 1. The van der Waals surface area contributed by atoms with Gasteiger partial charge in [0, 0.05) is 6.04 Å². The van der Waals surface area contributed by atoms with Crippen molar-refractivity contribution in [3.63, 3.8) is 0 Å². The van der Waals surface area contributed by atoms with E-state index < -0.39 is 0 Å². The van der Waals surface area contributed by atoms with Gasteiger partial charge in [-0.2, -0.15) is 0 Å². The van der Waals surface area contributed by atoms with Crippen LogP contribution in [0.25, 0.3) is 0 Å². The highest BCUT2D eigenvalue weighted by Crippen LogP contribution is 2.36. The van der Waals surface area contributed by atoms with Crippen molar-refractivity contribution in [1.29, 1.82) is 0 Å². The van der Waals surface area contributed by atoms with E-state index in [1.54, 1.807) is 21.3 Å². The normalized spacial score (nSPS) is 16.4. The number of halogens is 1. The molecule has 0 radical (unpaired) electrons. The van der Waals surface area contributed by atoms with Crippen molar-refractivity contribution in [2.24, 2.45) is 0 Å². The summed E-state index contributed by atoms with van der Waals surface area (Å²) in [6, 6.07) is 10.7. The number of methoxy groups -OCH3 is 3. The van der Waals surface area contributed by atoms with Gasteiger partial charge in [0.2, 0.25) is 0 Å². The van der Waals surface area contributed by atoms with E-state index in [1.807, 2.05) is 6.07 Å². The zero-order valence-electron chi connectivity index (χ0n) is 14.2. The second kappa shape index (κ2) is 7.45. The van der Waals surface area contributed by atoms with Crippen molar-refractivity contribution in [3.8, 4) is 17.2 Å². The first-order valence-electron chi connectivity index (χ1n) is 7.97. The molecule has 2 aromatic rings. The van der Waals surface area contributed by atoms with Crippen LogP contribution in [-0.2, 0) is 12.8 Å². The fraction of sp³-hybridized carbons (Fsp3) is 0.368. The van der Waals surface area contributed by atoms with Gasteiger partial charge < -0.3 is 19.5 Å². The minimum atomic E-state index is 0.249. The Morgan fingerprint density at radius 2 is 1.71 bits per heavy atom. The van der Waals surface area contributed by atoms with Crippen molar-refractivity contribution in [2.75, 3.05) is 27.9 Å². The predicted octanol–water partition coefficient (Wildman–Crippen LogP) is 3.90. The van der Waals surface area contributed by atoms with Gasteiger partial charge in [0.05, 0.1) is 25.8 Å². The summed E-state index contributed by atoms with van der Waals surface area (Å²) < 4.78 is 17.3. The first-order valence-corrected chi connectivity index (χ1v) is 8.76. The SMILES string of the molecule is COc1cc(CC2NCCc3cc(OC)c(OC)cc32)ccc1Br. The Hall–Kier alpha value is -1.72. The molecule has 3 rings (SSSR count). The first-order chi connectivity index (χ1) is 11.7. The second-order valence-corrected chi connectivity index (χ2v) is 6.69. The lowest BCUT2D eigenvalue weighted by Gasteiger charge is -2.28. The van der Waals surface area contributed by atoms with E-state index in [4.69, 9.17) is 14.2 Å². The van der Waals surface area contributed by atoms with Gasteiger partial charge in [0.25, 0.3) is 0 Å². The van der Waals surface area contributed by atoms with E-state index >= 15 is 0 Å². The molecule has 1 N–H and O–H groups in total. The fourth-order valence-electron chi connectivity index (χ4n) is 3.22. The molecule has 1 aliphatic rings. The molecule has 128 valence electrons. The summed E-state index contributed by atoms with van der Waals surface area (Å²) in [4.78, 5) is 0. The van der Waals surface area contributed by atoms with Crippen LogP contribution in [0.5, 0.6) is 17.2 Å². The summed E-state index contributed by atoms with van der Waals surface area (Å²) in [6.07, 6.45) is 1.89. The van der Waals surface area contributed by atoms with E-state index in [0.717, 1.165) is 41.1 Å². The third-order valence-electron chi connectivity index (χ3n) is 4.46. The molecule has 0 aromatic heterocycles. The Bertz CT molecular complexity index is 733. The largest absolute Gasteiger partial charge is 0.496 e. The number of rotatable bonds is 5. The number of hydrogen-bond acceptors (Lipinski definition) is 4. The second-order valence-electron chi connectivity index (χ2n) is 5.84. The van der Waals surface area contributed by atoms with Gasteiger partial charge in [-0.05, 0) is 76.3 Å². The summed E-state index contributed by atoms with van der Waals surface area (Å²) in [6.45, 7) is 0.959. The topological polar surface area (TPSA) is 39.7 Å². The zero-order valence-corrected chi connectivity index (χ0v) is 15.8. The highest BCUT2D eigenvalue weighted by molar-refractivity contribution is 9.10. The standard InChI is InChI=1S/C19H22BrNO3/c1-22-17-9-12(4-5-15(17)20)8-16-14-11-19(24-3)18(23-2)10-13(14)6-7-21-16/h4-5,9-11,16,21H,6-8H2,1-3H3. The van der Waals surface area contributed by atoms with Gasteiger partial charge in [-0.3, -0.25) is 0 Å². The molecule has 1 heterocycles. The highest BCUT2D eigenvalue weighted by Gasteiger charge is 2.23. The molecule has 2 aromatic carbocycles. The molecule has 1 aliphatic heterocycles. The zero-order chi connectivity index (χ0) is 17.1. The minimum Gasteiger partial charge on any atom is -0.496 e. The van der Waals surface area contributed by atoms with Gasteiger partial charge in [0.15, 0.2) is 11.5 Å². The summed E-state index contributed by atoms with van der Waals surface area (Å²) in [5.41, 5.74) is 3.83. The predicted molar refractivity (Wildman–Crippen MR) is 98.4 cm³/mol. The van der Waals surface area contributed by atoms with E-state index in [1.165, 1.54) is 16.7 Å². The Labute approximate surface area is 151 Å². The van der Waals surface area contributed by atoms with Gasteiger partial charge in [-0.25, -0.2) is 0 Å². The van der Waals surface area contributed by atoms with Gasteiger partial charge >= 0.3 is 0 Å². The van der Waals surface area contributed by atoms with Gasteiger partial charge in [-0.15, -0.1) is 0 Å². The van der Waals surface area contributed by atoms with Crippen molar-refractivity contribution >= 4 is 15.9 Å². The molecule has 0 spiro atoms. The third kappa shape index (κ3) is 3.37. The molecule has 0 amide bonds. The maximum Gasteiger partial charge on any atom is 0.161 e. The van der Waals surface area contributed by atoms with Crippen LogP contribution in [0.2, 0.25) is 0 Å². The maximum absolute atomic E-state index is 5.47. The van der Waals surface area contributed by atoms with Crippen LogP contribution in [0.1, 0.15) is 22.7 Å². The average molecular weight is 392 g/mol. The van der Waals surface area contributed by atoms with Gasteiger partial charge in [-0.1, -0.05) is 6.07 Å². The van der Waals surface area contributed by atoms with Gasteiger partial charge in [0.1, 0.15) is 5.75 Å². The molecule has 0 saturated heterocycles. The van der Waals surface area contributed by atoms with Crippen molar-refractivity contribution < 1.29 is 14.2 Å². The molecular weight excluding hydrogens is 370 g/mol. The average Bonchev–Trinajstić information content (AvgIpc) is 2.62. The molecule has 1 atom stereocenters. The lowest BCUT2D eigenvalue weighted by atomic mass is 9.90. The lowest BCUT2D eigenvalue weighted by molar-refractivity contribution is 0.352. The molecule has 0 bridgehead atoms. The summed E-state index contributed by atoms with van der Waals surface area (Å²) in [5, 5.41) is 3.62. The number of hydrogen-bond donors (Lipinski definition) is 1. The van der Waals surface area contributed by atoms with E-state index in [9.17, 15) is 0 Å². The maximum atomic E-state index is 5.47. The fourth-order valence-corrected chi connectivity index (χ4v) is 3.63.